The van der Waals surface area contributed by atoms with E-state index in [9.17, 15) is 0 Å². The van der Waals surface area contributed by atoms with Crippen LogP contribution in [-0.2, 0) is 6.54 Å². The van der Waals surface area contributed by atoms with Gasteiger partial charge in [0.15, 0.2) is 5.82 Å². The molecule has 4 aromatic rings. The van der Waals surface area contributed by atoms with Gasteiger partial charge in [0.1, 0.15) is 23.9 Å². The molecule has 38 heavy (non-hydrogen) atoms. The number of ether oxygens (including phenoxy) is 1. The molecule has 1 aromatic carbocycles. The van der Waals surface area contributed by atoms with Gasteiger partial charge in [0.2, 0.25) is 5.95 Å². The van der Waals surface area contributed by atoms with Crippen LogP contribution in [0.5, 0.6) is 5.75 Å². The summed E-state index contributed by atoms with van der Waals surface area (Å²) in [5.41, 5.74) is 4.19. The highest BCUT2D eigenvalue weighted by molar-refractivity contribution is 5.74. The third-order valence-electron chi connectivity index (χ3n) is 7.46. The van der Waals surface area contributed by atoms with Crippen molar-refractivity contribution in [2.75, 3.05) is 25.0 Å². The zero-order chi connectivity index (χ0) is 26.4. The molecule has 200 valence electrons. The molecule has 10 nitrogen and oxygen atoms in total. The molecule has 3 aromatic heterocycles. The second kappa shape index (κ2) is 9.58. The zero-order valence-electron chi connectivity index (χ0n) is 22.9. The Morgan fingerprint density at radius 3 is 2.66 bits per heavy atom. The number of benzene rings is 1. The molecule has 0 saturated carbocycles. The number of fused-ring (bicyclic) bond motifs is 3. The van der Waals surface area contributed by atoms with Crippen molar-refractivity contribution < 1.29 is 4.74 Å². The molecule has 0 radical (unpaired) electrons. The smallest absolute Gasteiger partial charge is 0.242 e. The van der Waals surface area contributed by atoms with Gasteiger partial charge >= 0.3 is 0 Å². The molecule has 0 amide bonds. The van der Waals surface area contributed by atoms with Crippen molar-refractivity contribution in [3.63, 3.8) is 0 Å². The number of aromatic amines is 1. The molecule has 2 N–H and O–H groups in total. The summed E-state index contributed by atoms with van der Waals surface area (Å²) < 4.78 is 10.6. The van der Waals surface area contributed by atoms with Crippen molar-refractivity contribution in [3.8, 4) is 39.9 Å². The van der Waals surface area contributed by atoms with E-state index in [0.29, 0.717) is 31.0 Å². The van der Waals surface area contributed by atoms with Gasteiger partial charge in [-0.05, 0) is 65.7 Å². The number of nitrogens with one attached hydrogen (secondary N) is 2. The largest absolute Gasteiger partial charge is 0.491 e. The van der Waals surface area contributed by atoms with Gasteiger partial charge in [-0.3, -0.25) is 14.7 Å². The van der Waals surface area contributed by atoms with E-state index in [1.165, 1.54) is 0 Å². The minimum Gasteiger partial charge on any atom is -0.491 e. The van der Waals surface area contributed by atoms with E-state index < -0.39 is 0 Å². The number of likely N-dealkylation sites (tertiary alicyclic amines) is 1. The van der Waals surface area contributed by atoms with Crippen LogP contribution < -0.4 is 10.1 Å². The Morgan fingerprint density at radius 2 is 1.89 bits per heavy atom. The van der Waals surface area contributed by atoms with Crippen molar-refractivity contribution in [3.05, 3.63) is 36.7 Å². The van der Waals surface area contributed by atoms with Gasteiger partial charge in [0.05, 0.1) is 23.8 Å². The second-order valence-corrected chi connectivity index (χ2v) is 11.6. The van der Waals surface area contributed by atoms with Crippen molar-refractivity contribution in [1.29, 1.82) is 0 Å². The van der Waals surface area contributed by atoms with Gasteiger partial charge in [-0.15, -0.1) is 5.10 Å². The van der Waals surface area contributed by atoms with E-state index in [1.807, 2.05) is 12.4 Å². The van der Waals surface area contributed by atoms with Crippen molar-refractivity contribution in [1.82, 2.24) is 39.4 Å². The molecule has 1 fully saturated rings. The number of nitrogens with zero attached hydrogens (tertiary/aromatic N) is 7. The summed E-state index contributed by atoms with van der Waals surface area (Å²) in [5.74, 6) is 2.94. The number of H-pyrrole nitrogens is 1. The van der Waals surface area contributed by atoms with Crippen molar-refractivity contribution in [2.24, 2.45) is 0 Å². The maximum absolute atomic E-state index is 6.22. The minimum atomic E-state index is 0.207. The number of hydrogen-bond acceptors (Lipinski definition) is 7. The molecular formula is C28H37N9O. The lowest BCUT2D eigenvalue weighted by molar-refractivity contribution is 0.0874. The van der Waals surface area contributed by atoms with Gasteiger partial charge in [0.25, 0.3) is 0 Å². The fraction of sp³-hybridized carbons (Fsp3) is 0.500. The molecule has 10 heteroatoms. The lowest BCUT2D eigenvalue weighted by atomic mass is 9.97. The number of aromatic nitrogens is 7. The molecule has 5 heterocycles. The minimum absolute atomic E-state index is 0.207. The van der Waals surface area contributed by atoms with E-state index >= 15 is 0 Å². The molecule has 0 aliphatic carbocycles. The van der Waals surface area contributed by atoms with E-state index in [2.05, 4.69) is 93.5 Å². The Kier molecular flexibility index (Phi) is 6.22. The van der Waals surface area contributed by atoms with Gasteiger partial charge in [-0.1, -0.05) is 6.07 Å². The molecule has 0 unspecified atom stereocenters. The Hall–Kier alpha value is -3.66. The Morgan fingerprint density at radius 1 is 1.08 bits per heavy atom. The van der Waals surface area contributed by atoms with Gasteiger partial charge < -0.3 is 14.6 Å². The van der Waals surface area contributed by atoms with Crippen LogP contribution in [0.15, 0.2) is 36.7 Å². The normalized spacial score (nSPS) is 16.7. The highest BCUT2D eigenvalue weighted by atomic mass is 16.5. The monoisotopic (exact) mass is 515 g/mol. The molecule has 6 rings (SSSR count). The maximum atomic E-state index is 6.22. The maximum Gasteiger partial charge on any atom is 0.242 e. The summed E-state index contributed by atoms with van der Waals surface area (Å²) in [6.07, 6.45) is 6.13. The number of hydrogen-bond donors (Lipinski definition) is 2. The number of piperidine rings is 1. The predicted octanol–water partition coefficient (Wildman–Crippen LogP) is 4.85. The highest BCUT2D eigenvalue weighted by Gasteiger charge is 2.29. The predicted molar refractivity (Wildman–Crippen MR) is 148 cm³/mol. The lowest BCUT2D eigenvalue weighted by Crippen LogP contribution is -2.46. The van der Waals surface area contributed by atoms with E-state index in [0.717, 1.165) is 60.0 Å². The fourth-order valence-corrected chi connectivity index (χ4v) is 5.47. The number of rotatable bonds is 5. The van der Waals surface area contributed by atoms with Gasteiger partial charge in [-0.2, -0.15) is 10.1 Å². The molecule has 0 spiro atoms. The van der Waals surface area contributed by atoms with Crippen LogP contribution in [0.3, 0.4) is 0 Å². The average molecular weight is 516 g/mol. The molecule has 0 atom stereocenters. The molecule has 2 aliphatic rings. The quantitative estimate of drug-likeness (QED) is 0.392. The Balaban J connectivity index is 1.27. The summed E-state index contributed by atoms with van der Waals surface area (Å²) in [5, 5.41) is 15.2. The first-order chi connectivity index (χ1) is 18.3. The second-order valence-electron chi connectivity index (χ2n) is 11.6. The summed E-state index contributed by atoms with van der Waals surface area (Å²) in [7, 11) is 0. The first kappa shape index (κ1) is 24.7. The topological polar surface area (TPSA) is 102 Å². The lowest BCUT2D eigenvalue weighted by Gasteiger charge is -2.41. The summed E-state index contributed by atoms with van der Waals surface area (Å²) in [6.45, 7) is 14.5. The van der Waals surface area contributed by atoms with E-state index in [1.54, 1.807) is 0 Å². The molecular weight excluding hydrogens is 478 g/mol. The molecule has 1 saturated heterocycles. The molecule has 2 aliphatic heterocycles. The summed E-state index contributed by atoms with van der Waals surface area (Å²) in [6, 6.07) is 9.17. The SMILES string of the molecule is CC(C)Nc1n[nH]c(-c2cn3c(n2)-c2ccc(-c4ccnn4C4CCN(C(C)(C)C)CC4)cc2OCC3)n1. The first-order valence-electron chi connectivity index (χ1n) is 13.6. The van der Waals surface area contributed by atoms with E-state index in [-0.39, 0.29) is 11.6 Å². The number of imidazole rings is 1. The Bertz CT molecular complexity index is 1420. The highest BCUT2D eigenvalue weighted by Crippen LogP contribution is 2.38. The number of anilines is 1. The third kappa shape index (κ3) is 4.69. The first-order valence-corrected chi connectivity index (χ1v) is 13.6. The van der Waals surface area contributed by atoms with Crippen molar-refractivity contribution >= 4 is 5.95 Å². The van der Waals surface area contributed by atoms with Crippen LogP contribution in [0.1, 0.15) is 53.5 Å². The van der Waals surface area contributed by atoms with Gasteiger partial charge in [0, 0.05) is 42.6 Å². The van der Waals surface area contributed by atoms with Crippen LogP contribution in [-0.4, -0.2) is 70.7 Å². The molecule has 0 bridgehead atoms. The standard InChI is InChI=1S/C28H37N9O/c1-18(2)30-27-32-25(33-34-27)22-17-35-14-15-38-24-16-19(6-7-21(24)26(35)31-22)23-8-11-29-37(23)20-9-12-36(13-10-20)28(3,4)5/h6-8,11,16-18,20H,9-10,12-15H2,1-5H3,(H2,30,32,33,34). The summed E-state index contributed by atoms with van der Waals surface area (Å²) >= 11 is 0. The third-order valence-corrected chi connectivity index (χ3v) is 7.46. The van der Waals surface area contributed by atoms with E-state index in [4.69, 9.17) is 14.8 Å². The average Bonchev–Trinajstić information content (AvgIpc) is 3.62. The van der Waals surface area contributed by atoms with Gasteiger partial charge in [-0.25, -0.2) is 4.98 Å². The Labute approximate surface area is 223 Å². The van der Waals surface area contributed by atoms with Crippen molar-refractivity contribution in [2.45, 2.75) is 71.6 Å². The van der Waals surface area contributed by atoms with Crippen LogP contribution in [0.4, 0.5) is 5.95 Å². The van der Waals surface area contributed by atoms with Crippen LogP contribution >= 0.6 is 0 Å². The van der Waals surface area contributed by atoms with Crippen LogP contribution in [0.25, 0.3) is 34.2 Å². The summed E-state index contributed by atoms with van der Waals surface area (Å²) in [4.78, 5) is 12.1. The van der Waals surface area contributed by atoms with Crippen LogP contribution in [0.2, 0.25) is 0 Å². The zero-order valence-corrected chi connectivity index (χ0v) is 22.9. The van der Waals surface area contributed by atoms with Crippen LogP contribution in [0, 0.1) is 0 Å². The fourth-order valence-electron chi connectivity index (χ4n) is 5.47.